The van der Waals surface area contributed by atoms with Crippen molar-refractivity contribution in [3.8, 4) is 0 Å². The molecule has 126 valence electrons. The van der Waals surface area contributed by atoms with Gasteiger partial charge in [0.1, 0.15) is 0 Å². The smallest absolute Gasteiger partial charge is 0.223 e. The summed E-state index contributed by atoms with van der Waals surface area (Å²) in [7, 11) is 0. The Hall–Kier alpha value is -0.770. The van der Waals surface area contributed by atoms with Crippen LogP contribution in [0.5, 0.6) is 0 Å². The zero-order valence-corrected chi connectivity index (χ0v) is 14.8. The van der Waals surface area contributed by atoms with Gasteiger partial charge in [-0.25, -0.2) is 0 Å². The van der Waals surface area contributed by atoms with Gasteiger partial charge in [0, 0.05) is 22.9 Å². The maximum absolute atomic E-state index is 12.5. The number of carbonyl (C=O) groups is 1. The van der Waals surface area contributed by atoms with E-state index in [4.69, 9.17) is 11.6 Å². The largest absolute Gasteiger partial charge is 0.355 e. The summed E-state index contributed by atoms with van der Waals surface area (Å²) in [6.07, 6.45) is 5.69. The van der Waals surface area contributed by atoms with Crippen molar-refractivity contribution in [1.82, 2.24) is 10.6 Å². The molecular formula is C18H24Cl2N2O. The van der Waals surface area contributed by atoms with Crippen LogP contribution in [0.3, 0.4) is 0 Å². The molecule has 0 aromatic heterocycles. The van der Waals surface area contributed by atoms with Crippen LogP contribution in [-0.2, 0) is 10.2 Å². The number of piperidine rings is 1. The predicted molar refractivity (Wildman–Crippen MR) is 95.3 cm³/mol. The summed E-state index contributed by atoms with van der Waals surface area (Å²) in [4.78, 5) is 12.5. The van der Waals surface area contributed by atoms with Crippen molar-refractivity contribution in [2.45, 2.75) is 37.5 Å². The number of carbonyl (C=O) groups excluding carboxylic acids is 1. The Morgan fingerprint density at radius 3 is 2.65 bits per heavy atom. The topological polar surface area (TPSA) is 41.1 Å². The van der Waals surface area contributed by atoms with Crippen LogP contribution in [-0.4, -0.2) is 25.5 Å². The van der Waals surface area contributed by atoms with Gasteiger partial charge in [0.15, 0.2) is 0 Å². The van der Waals surface area contributed by atoms with E-state index in [-0.39, 0.29) is 29.6 Å². The Morgan fingerprint density at radius 2 is 2.00 bits per heavy atom. The minimum absolute atomic E-state index is 0. The third-order valence-electron chi connectivity index (χ3n) is 6.00. The molecule has 2 aliphatic carbocycles. The Kier molecular flexibility index (Phi) is 4.65. The lowest BCUT2D eigenvalue weighted by atomic mass is 9.91. The third-order valence-corrected chi connectivity index (χ3v) is 6.23. The molecule has 3 nitrogen and oxygen atoms in total. The van der Waals surface area contributed by atoms with Crippen LogP contribution in [0.2, 0.25) is 5.02 Å². The first kappa shape index (κ1) is 17.1. The van der Waals surface area contributed by atoms with Gasteiger partial charge >= 0.3 is 0 Å². The van der Waals surface area contributed by atoms with Crippen molar-refractivity contribution in [3.63, 3.8) is 0 Å². The molecule has 1 atom stereocenters. The predicted octanol–water partition coefficient (Wildman–Crippen LogP) is 3.30. The lowest BCUT2D eigenvalue weighted by Gasteiger charge is -2.23. The monoisotopic (exact) mass is 354 g/mol. The van der Waals surface area contributed by atoms with Gasteiger partial charge in [0.2, 0.25) is 5.91 Å². The van der Waals surface area contributed by atoms with Gasteiger partial charge in [-0.3, -0.25) is 4.79 Å². The summed E-state index contributed by atoms with van der Waals surface area (Å²) >= 11 is 6.11. The fourth-order valence-electron chi connectivity index (χ4n) is 4.11. The summed E-state index contributed by atoms with van der Waals surface area (Å²) in [6, 6.07) is 8.10. The fraction of sp³-hybridized carbons (Fsp3) is 0.611. The van der Waals surface area contributed by atoms with Crippen LogP contribution >= 0.6 is 24.0 Å². The van der Waals surface area contributed by atoms with E-state index >= 15 is 0 Å². The number of hydrogen-bond acceptors (Lipinski definition) is 2. The van der Waals surface area contributed by atoms with E-state index in [2.05, 4.69) is 16.7 Å². The average Bonchev–Trinajstić information content (AvgIpc) is 3.43. The van der Waals surface area contributed by atoms with E-state index in [1.165, 1.54) is 5.56 Å². The number of rotatable bonds is 4. The number of halogens is 2. The SMILES string of the molecule is Cl.O=C(NCC1(c2cccc(Cl)c2)CC1)C1CC12CCNCC2. The van der Waals surface area contributed by atoms with Crippen LogP contribution in [0.4, 0.5) is 0 Å². The molecule has 3 aliphatic rings. The van der Waals surface area contributed by atoms with Crippen LogP contribution in [0.15, 0.2) is 24.3 Å². The molecule has 1 spiro atoms. The molecule has 1 aliphatic heterocycles. The van der Waals surface area contributed by atoms with E-state index < -0.39 is 0 Å². The lowest BCUT2D eigenvalue weighted by Crippen LogP contribution is -2.36. The summed E-state index contributed by atoms with van der Waals surface area (Å²) < 4.78 is 0. The van der Waals surface area contributed by atoms with Gasteiger partial charge in [0.25, 0.3) is 0 Å². The standard InChI is InChI=1S/C18H23ClN2O.ClH/c19-14-3-1-2-13(10-14)18(4-5-18)12-21-16(22)15-11-17(15)6-8-20-9-7-17;/h1-3,10,15,20H,4-9,11-12H2,(H,21,22);1H. The Balaban J connectivity index is 0.00000156. The first-order chi connectivity index (χ1) is 10.6. The van der Waals surface area contributed by atoms with Crippen molar-refractivity contribution in [3.05, 3.63) is 34.9 Å². The normalized spacial score (nSPS) is 26.2. The molecule has 1 amide bonds. The molecule has 2 N–H and O–H groups in total. The van der Waals surface area contributed by atoms with Crippen molar-refractivity contribution in [1.29, 1.82) is 0 Å². The number of benzene rings is 1. The van der Waals surface area contributed by atoms with Crippen LogP contribution in [0.25, 0.3) is 0 Å². The van der Waals surface area contributed by atoms with E-state index in [9.17, 15) is 4.79 Å². The van der Waals surface area contributed by atoms with E-state index in [1.807, 2.05) is 18.2 Å². The summed E-state index contributed by atoms with van der Waals surface area (Å²) in [6.45, 7) is 2.89. The molecule has 1 aromatic rings. The highest BCUT2D eigenvalue weighted by Gasteiger charge is 2.58. The van der Waals surface area contributed by atoms with Crippen molar-refractivity contribution >= 4 is 29.9 Å². The molecule has 2 saturated carbocycles. The molecule has 1 heterocycles. The molecule has 0 bridgehead atoms. The van der Waals surface area contributed by atoms with Gasteiger partial charge in [-0.15, -0.1) is 12.4 Å². The summed E-state index contributed by atoms with van der Waals surface area (Å²) in [5.41, 5.74) is 1.73. The zero-order chi connectivity index (χ0) is 15.2. The number of hydrogen-bond donors (Lipinski definition) is 2. The Morgan fingerprint density at radius 1 is 1.26 bits per heavy atom. The van der Waals surface area contributed by atoms with Gasteiger partial charge in [-0.1, -0.05) is 23.7 Å². The summed E-state index contributed by atoms with van der Waals surface area (Å²) in [5, 5.41) is 7.41. The first-order valence-electron chi connectivity index (χ1n) is 8.38. The minimum atomic E-state index is 0. The number of amides is 1. The maximum Gasteiger partial charge on any atom is 0.223 e. The Bertz CT molecular complexity index is 594. The molecule has 1 aromatic carbocycles. The highest BCUT2D eigenvalue weighted by Crippen LogP contribution is 2.58. The number of nitrogens with one attached hydrogen (secondary N) is 2. The quantitative estimate of drug-likeness (QED) is 0.870. The molecule has 3 fully saturated rings. The summed E-state index contributed by atoms with van der Waals surface area (Å²) in [5.74, 6) is 0.528. The van der Waals surface area contributed by atoms with Gasteiger partial charge in [-0.2, -0.15) is 0 Å². The molecule has 4 rings (SSSR count). The van der Waals surface area contributed by atoms with Crippen molar-refractivity contribution in [2.24, 2.45) is 11.3 Å². The van der Waals surface area contributed by atoms with Gasteiger partial charge in [-0.05, 0) is 68.3 Å². The third kappa shape index (κ3) is 3.24. The van der Waals surface area contributed by atoms with Crippen LogP contribution < -0.4 is 10.6 Å². The van der Waals surface area contributed by atoms with Crippen molar-refractivity contribution < 1.29 is 4.79 Å². The van der Waals surface area contributed by atoms with E-state index in [0.29, 0.717) is 5.41 Å². The second kappa shape index (κ2) is 6.27. The molecule has 1 saturated heterocycles. The highest BCUT2D eigenvalue weighted by molar-refractivity contribution is 6.30. The average molecular weight is 355 g/mol. The van der Waals surface area contributed by atoms with E-state index in [0.717, 1.165) is 56.8 Å². The van der Waals surface area contributed by atoms with Gasteiger partial charge < -0.3 is 10.6 Å². The maximum atomic E-state index is 12.5. The zero-order valence-electron chi connectivity index (χ0n) is 13.2. The second-order valence-corrected chi connectivity index (χ2v) is 7.81. The molecule has 5 heteroatoms. The van der Waals surface area contributed by atoms with Crippen LogP contribution in [0, 0.1) is 11.3 Å². The van der Waals surface area contributed by atoms with E-state index in [1.54, 1.807) is 0 Å². The molecule has 23 heavy (non-hydrogen) atoms. The van der Waals surface area contributed by atoms with Gasteiger partial charge in [0.05, 0.1) is 0 Å². The highest BCUT2D eigenvalue weighted by atomic mass is 35.5. The molecular weight excluding hydrogens is 331 g/mol. The minimum Gasteiger partial charge on any atom is -0.355 e. The molecule has 0 radical (unpaired) electrons. The van der Waals surface area contributed by atoms with Crippen LogP contribution in [0.1, 0.15) is 37.7 Å². The molecule has 1 unspecified atom stereocenters. The lowest BCUT2D eigenvalue weighted by molar-refractivity contribution is -0.123. The fourth-order valence-corrected chi connectivity index (χ4v) is 4.30. The Labute approximate surface area is 149 Å². The van der Waals surface area contributed by atoms with Crippen molar-refractivity contribution in [2.75, 3.05) is 19.6 Å². The second-order valence-electron chi connectivity index (χ2n) is 7.38. The first-order valence-corrected chi connectivity index (χ1v) is 8.76.